The van der Waals surface area contributed by atoms with E-state index in [0.29, 0.717) is 5.88 Å². The maximum absolute atomic E-state index is 12.3. The first kappa shape index (κ1) is 21.8. The molecule has 1 fully saturated rings. The average molecular weight is 482 g/mol. The van der Waals surface area contributed by atoms with Crippen LogP contribution < -0.4 is 10.1 Å². The van der Waals surface area contributed by atoms with E-state index < -0.39 is 0 Å². The van der Waals surface area contributed by atoms with Gasteiger partial charge >= 0.3 is 0 Å². The van der Waals surface area contributed by atoms with Gasteiger partial charge < -0.3 is 9.72 Å². The van der Waals surface area contributed by atoms with Crippen LogP contribution in [0.15, 0.2) is 60.9 Å². The number of tetrazole rings is 1. The number of carbonyl (C=O) groups is 1. The molecule has 1 aromatic carbocycles. The molecule has 6 rings (SSSR count). The number of aromatic amines is 2. The van der Waals surface area contributed by atoms with Crippen molar-refractivity contribution in [3.63, 3.8) is 0 Å². The molecule has 0 saturated heterocycles. The van der Waals surface area contributed by atoms with Crippen LogP contribution in [-0.4, -0.2) is 52.6 Å². The van der Waals surface area contributed by atoms with Crippen LogP contribution in [0, 0.1) is 5.92 Å². The molecule has 5 aromatic rings. The lowest BCUT2D eigenvalue weighted by Gasteiger charge is -2.27. The van der Waals surface area contributed by atoms with Crippen LogP contribution in [0.25, 0.3) is 33.7 Å². The third kappa shape index (κ3) is 4.63. The molecule has 11 heteroatoms. The van der Waals surface area contributed by atoms with Crippen molar-refractivity contribution in [2.24, 2.45) is 5.92 Å². The Kier molecular flexibility index (Phi) is 5.78. The minimum Gasteiger partial charge on any atom is -0.474 e. The van der Waals surface area contributed by atoms with E-state index in [-0.39, 0.29) is 23.9 Å². The van der Waals surface area contributed by atoms with E-state index in [1.165, 1.54) is 0 Å². The minimum absolute atomic E-state index is 0.0267. The summed E-state index contributed by atoms with van der Waals surface area (Å²) in [5.41, 5.74) is 4.57. The summed E-state index contributed by atoms with van der Waals surface area (Å²) in [4.78, 5) is 29.4. The topological polar surface area (TPSA) is 147 Å². The highest BCUT2D eigenvalue weighted by Gasteiger charge is 2.28. The molecule has 4 aromatic heterocycles. The summed E-state index contributed by atoms with van der Waals surface area (Å²) in [7, 11) is 0. The number of nitrogens with one attached hydrogen (secondary N) is 3. The standard InChI is InChI=1S/C25H23N9O2/c35-24(30-25-31-33-34-32-25)15-5-9-18(10-6-15)36-22-12-8-16(13-27-22)19-11-7-17(14-26-19)23-28-20-3-1-2-4-21(20)29-23/h1-4,7-8,11-15,18H,5-6,9-10H2,(H,28,29)(H2,30,31,32,33,34,35)/t15-,18-. The molecule has 0 radical (unpaired) electrons. The van der Waals surface area contributed by atoms with Crippen LogP contribution in [0.4, 0.5) is 5.95 Å². The van der Waals surface area contributed by atoms with Gasteiger partial charge in [0.2, 0.25) is 11.8 Å². The molecule has 4 heterocycles. The second-order valence-electron chi connectivity index (χ2n) is 8.74. The van der Waals surface area contributed by atoms with Gasteiger partial charge in [-0.05, 0) is 61.2 Å². The summed E-state index contributed by atoms with van der Waals surface area (Å²) in [6, 6.07) is 15.7. The molecule has 0 spiro atoms. The quantitative estimate of drug-likeness (QED) is 0.332. The zero-order valence-electron chi connectivity index (χ0n) is 19.3. The van der Waals surface area contributed by atoms with Gasteiger partial charge in [0.05, 0.1) is 16.7 Å². The highest BCUT2D eigenvalue weighted by Crippen LogP contribution is 2.29. The molecule has 36 heavy (non-hydrogen) atoms. The summed E-state index contributed by atoms with van der Waals surface area (Å²) in [6.45, 7) is 0. The zero-order chi connectivity index (χ0) is 24.3. The van der Waals surface area contributed by atoms with Crippen LogP contribution in [0.2, 0.25) is 0 Å². The molecule has 0 bridgehead atoms. The summed E-state index contributed by atoms with van der Waals surface area (Å²) in [6.07, 6.45) is 6.62. The highest BCUT2D eigenvalue weighted by atomic mass is 16.5. The van der Waals surface area contributed by atoms with Crippen LogP contribution in [-0.2, 0) is 4.79 Å². The summed E-state index contributed by atoms with van der Waals surface area (Å²) in [5.74, 6) is 1.38. The predicted octanol–water partition coefficient (Wildman–Crippen LogP) is 3.78. The second kappa shape index (κ2) is 9.53. The number of amides is 1. The average Bonchev–Trinajstić information content (AvgIpc) is 3.60. The lowest BCUT2D eigenvalue weighted by atomic mass is 9.87. The maximum Gasteiger partial charge on any atom is 0.269 e. The number of H-pyrrole nitrogens is 2. The molecule has 1 saturated carbocycles. The zero-order valence-corrected chi connectivity index (χ0v) is 19.3. The number of aromatic nitrogens is 8. The fourth-order valence-electron chi connectivity index (χ4n) is 4.44. The van der Waals surface area contributed by atoms with Crippen LogP contribution in [0.1, 0.15) is 25.7 Å². The first-order valence-electron chi connectivity index (χ1n) is 11.8. The first-order chi connectivity index (χ1) is 17.7. The van der Waals surface area contributed by atoms with Gasteiger partial charge in [0, 0.05) is 35.5 Å². The summed E-state index contributed by atoms with van der Waals surface area (Å²) < 4.78 is 6.07. The molecule has 1 amide bonds. The van der Waals surface area contributed by atoms with Crippen molar-refractivity contribution in [3.8, 4) is 28.5 Å². The van der Waals surface area contributed by atoms with E-state index in [1.54, 1.807) is 6.20 Å². The maximum atomic E-state index is 12.3. The molecule has 1 aliphatic rings. The molecule has 0 atom stereocenters. The Bertz CT molecular complexity index is 1420. The number of fused-ring (bicyclic) bond motifs is 1. The smallest absolute Gasteiger partial charge is 0.269 e. The molecule has 180 valence electrons. The summed E-state index contributed by atoms with van der Waals surface area (Å²) >= 11 is 0. The molecule has 1 aliphatic carbocycles. The predicted molar refractivity (Wildman–Crippen MR) is 132 cm³/mol. The van der Waals surface area contributed by atoms with Crippen molar-refractivity contribution >= 4 is 22.9 Å². The third-order valence-electron chi connectivity index (χ3n) is 6.37. The number of carbonyl (C=O) groups excluding carboxylic acids is 1. The Balaban J connectivity index is 1.04. The van der Waals surface area contributed by atoms with Crippen molar-refractivity contribution in [2.75, 3.05) is 5.32 Å². The molecule has 0 aliphatic heterocycles. The number of anilines is 1. The van der Waals surface area contributed by atoms with Gasteiger partial charge in [-0.15, -0.1) is 5.10 Å². The highest BCUT2D eigenvalue weighted by molar-refractivity contribution is 5.90. The Morgan fingerprint density at radius 2 is 1.78 bits per heavy atom. The van der Waals surface area contributed by atoms with Gasteiger partial charge in [0.25, 0.3) is 5.95 Å². The fourth-order valence-corrected chi connectivity index (χ4v) is 4.44. The third-order valence-corrected chi connectivity index (χ3v) is 6.37. The Labute approximate surface area is 205 Å². The second-order valence-corrected chi connectivity index (χ2v) is 8.74. The summed E-state index contributed by atoms with van der Waals surface area (Å²) in [5, 5.41) is 16.0. The van der Waals surface area contributed by atoms with Crippen molar-refractivity contribution in [2.45, 2.75) is 31.8 Å². The van der Waals surface area contributed by atoms with E-state index in [2.05, 4.69) is 45.9 Å². The number of hydrogen-bond acceptors (Lipinski definition) is 8. The number of pyridine rings is 2. The first-order valence-corrected chi connectivity index (χ1v) is 11.8. The number of rotatable bonds is 6. The van der Waals surface area contributed by atoms with Crippen LogP contribution in [0.5, 0.6) is 5.88 Å². The van der Waals surface area contributed by atoms with Gasteiger partial charge in [-0.3, -0.25) is 15.1 Å². The van der Waals surface area contributed by atoms with Crippen LogP contribution in [0.3, 0.4) is 0 Å². The minimum atomic E-state index is -0.0905. The molecule has 3 N–H and O–H groups in total. The van der Waals surface area contributed by atoms with Crippen molar-refractivity contribution < 1.29 is 9.53 Å². The molecule has 11 nitrogen and oxygen atoms in total. The number of benzene rings is 1. The fraction of sp³-hybridized carbons (Fsp3) is 0.240. The number of hydrogen-bond donors (Lipinski definition) is 3. The lowest BCUT2D eigenvalue weighted by molar-refractivity contribution is -0.121. The van der Waals surface area contributed by atoms with Gasteiger partial charge in [-0.2, -0.15) is 5.21 Å². The number of imidazole rings is 1. The molecule has 0 unspecified atom stereocenters. The molecular weight excluding hydrogens is 458 g/mol. The Hall–Kier alpha value is -4.67. The normalized spacial score (nSPS) is 17.7. The van der Waals surface area contributed by atoms with Crippen molar-refractivity contribution in [1.29, 1.82) is 0 Å². The van der Waals surface area contributed by atoms with Gasteiger partial charge in [0.15, 0.2) is 0 Å². The van der Waals surface area contributed by atoms with E-state index >= 15 is 0 Å². The van der Waals surface area contributed by atoms with E-state index in [0.717, 1.165) is 59.4 Å². The lowest BCUT2D eigenvalue weighted by Crippen LogP contribution is -2.31. The largest absolute Gasteiger partial charge is 0.474 e. The monoisotopic (exact) mass is 481 g/mol. The molecular formula is C25H23N9O2. The van der Waals surface area contributed by atoms with Crippen molar-refractivity contribution in [1.82, 2.24) is 40.6 Å². The number of ether oxygens (including phenoxy) is 1. The van der Waals surface area contributed by atoms with Gasteiger partial charge in [-0.1, -0.05) is 17.2 Å². The Morgan fingerprint density at radius 3 is 2.50 bits per heavy atom. The van der Waals surface area contributed by atoms with E-state index in [4.69, 9.17) is 4.74 Å². The van der Waals surface area contributed by atoms with E-state index in [1.807, 2.05) is 54.7 Å². The Morgan fingerprint density at radius 1 is 0.944 bits per heavy atom. The number of nitrogens with zero attached hydrogens (tertiary/aromatic N) is 6. The van der Waals surface area contributed by atoms with E-state index in [9.17, 15) is 4.79 Å². The SMILES string of the molecule is O=C(Nc1nn[nH]n1)[C@H]1CC[C@H](Oc2ccc(-c3ccc(-c4nc5ccccc5[nH]4)cn3)cn2)CC1. The van der Waals surface area contributed by atoms with Crippen LogP contribution >= 0.6 is 0 Å². The number of para-hydroxylation sites is 2. The van der Waals surface area contributed by atoms with Gasteiger partial charge in [-0.25, -0.2) is 9.97 Å². The van der Waals surface area contributed by atoms with Crippen molar-refractivity contribution in [3.05, 3.63) is 60.9 Å². The van der Waals surface area contributed by atoms with Gasteiger partial charge in [0.1, 0.15) is 11.9 Å².